The zero-order chi connectivity index (χ0) is 9.14. The van der Waals surface area contributed by atoms with Crippen LogP contribution in [-0.2, 0) is 4.74 Å². The number of rotatable bonds is 2. The largest absolute Gasteiger partial charge is 0.377 e. The molecule has 0 heterocycles. The predicted molar refractivity (Wildman–Crippen MR) is 46.8 cm³/mol. The Hall–Kier alpha value is -0.600. The molecule has 0 fully saturated rings. The van der Waals surface area contributed by atoms with E-state index in [0.717, 1.165) is 0 Å². The van der Waals surface area contributed by atoms with Gasteiger partial charge in [0.2, 0.25) is 0 Å². The fourth-order valence-corrected chi connectivity index (χ4v) is 1.22. The molecule has 0 N–H and O–H groups in total. The van der Waals surface area contributed by atoms with Crippen LogP contribution in [-0.4, -0.2) is 7.11 Å². The Morgan fingerprint density at radius 1 is 1.50 bits per heavy atom. The van der Waals surface area contributed by atoms with Gasteiger partial charge in [-0.15, -0.1) is 0 Å². The van der Waals surface area contributed by atoms with E-state index in [4.69, 9.17) is 16.3 Å². The van der Waals surface area contributed by atoms with Gasteiger partial charge in [0.15, 0.2) is 0 Å². The topological polar surface area (TPSA) is 9.23 Å². The van der Waals surface area contributed by atoms with Gasteiger partial charge in [-0.1, -0.05) is 11.6 Å². The van der Waals surface area contributed by atoms with Crippen molar-refractivity contribution in [3.63, 3.8) is 0 Å². The van der Waals surface area contributed by atoms with Crippen LogP contribution in [0.1, 0.15) is 18.6 Å². The molecular formula is C9H10ClFO. The van der Waals surface area contributed by atoms with Crippen LogP contribution >= 0.6 is 11.6 Å². The molecule has 0 bridgehead atoms. The summed E-state index contributed by atoms with van der Waals surface area (Å²) in [6, 6.07) is 4.24. The Bertz CT molecular complexity index is 275. The third-order valence-corrected chi connectivity index (χ3v) is 2.09. The number of benzene rings is 1. The molecule has 1 aromatic rings. The van der Waals surface area contributed by atoms with E-state index in [1.54, 1.807) is 7.11 Å². The summed E-state index contributed by atoms with van der Waals surface area (Å²) in [5.41, 5.74) is 0.680. The number of hydrogen-bond acceptors (Lipinski definition) is 1. The highest BCUT2D eigenvalue weighted by molar-refractivity contribution is 6.31. The second kappa shape index (κ2) is 3.87. The maximum absolute atomic E-state index is 12.7. The van der Waals surface area contributed by atoms with Crippen LogP contribution in [0.3, 0.4) is 0 Å². The molecule has 1 aromatic carbocycles. The van der Waals surface area contributed by atoms with Crippen molar-refractivity contribution in [2.75, 3.05) is 7.11 Å². The molecule has 0 aliphatic rings. The van der Waals surface area contributed by atoms with E-state index in [2.05, 4.69) is 0 Å². The van der Waals surface area contributed by atoms with Crippen molar-refractivity contribution in [1.29, 1.82) is 0 Å². The van der Waals surface area contributed by atoms with E-state index in [9.17, 15) is 4.39 Å². The number of methoxy groups -OCH3 is 1. The molecule has 0 aliphatic heterocycles. The van der Waals surface area contributed by atoms with Gasteiger partial charge in [0.05, 0.1) is 6.10 Å². The van der Waals surface area contributed by atoms with Crippen LogP contribution in [0.5, 0.6) is 0 Å². The van der Waals surface area contributed by atoms with Gasteiger partial charge in [-0.05, 0) is 25.1 Å². The fourth-order valence-electron chi connectivity index (χ4n) is 0.953. The fraction of sp³-hybridized carbons (Fsp3) is 0.333. The smallest absolute Gasteiger partial charge is 0.123 e. The van der Waals surface area contributed by atoms with Gasteiger partial charge in [-0.2, -0.15) is 0 Å². The Kier molecular flexibility index (Phi) is 3.06. The van der Waals surface area contributed by atoms with Crippen molar-refractivity contribution in [2.45, 2.75) is 13.0 Å². The third kappa shape index (κ3) is 1.96. The van der Waals surface area contributed by atoms with E-state index in [0.29, 0.717) is 10.6 Å². The molecule has 1 rings (SSSR count). The molecule has 12 heavy (non-hydrogen) atoms. The first kappa shape index (κ1) is 9.49. The molecule has 66 valence electrons. The van der Waals surface area contributed by atoms with Crippen LogP contribution in [0.25, 0.3) is 0 Å². The van der Waals surface area contributed by atoms with Crippen molar-refractivity contribution in [1.82, 2.24) is 0 Å². The molecule has 0 aliphatic carbocycles. The quantitative estimate of drug-likeness (QED) is 0.693. The molecule has 0 aromatic heterocycles. The zero-order valence-electron chi connectivity index (χ0n) is 6.97. The molecule has 0 saturated heterocycles. The number of ether oxygens (including phenoxy) is 1. The van der Waals surface area contributed by atoms with Gasteiger partial charge in [0.1, 0.15) is 5.82 Å². The van der Waals surface area contributed by atoms with Crippen molar-refractivity contribution >= 4 is 11.6 Å². The summed E-state index contributed by atoms with van der Waals surface area (Å²) < 4.78 is 17.8. The van der Waals surface area contributed by atoms with E-state index in [-0.39, 0.29) is 11.9 Å². The summed E-state index contributed by atoms with van der Waals surface area (Å²) in [6.45, 7) is 1.82. The SMILES string of the molecule is COC(C)c1cc(F)ccc1Cl. The molecule has 0 amide bonds. The summed E-state index contributed by atoms with van der Waals surface area (Å²) in [7, 11) is 1.56. The molecule has 1 atom stereocenters. The first-order chi connectivity index (χ1) is 5.65. The first-order valence-corrected chi connectivity index (χ1v) is 4.00. The van der Waals surface area contributed by atoms with Gasteiger partial charge in [-0.3, -0.25) is 0 Å². The highest BCUT2D eigenvalue weighted by Crippen LogP contribution is 2.25. The summed E-state index contributed by atoms with van der Waals surface area (Å²) in [5, 5.41) is 0.533. The highest BCUT2D eigenvalue weighted by atomic mass is 35.5. The Labute approximate surface area is 76.1 Å². The van der Waals surface area contributed by atoms with Crippen molar-refractivity contribution in [3.8, 4) is 0 Å². The van der Waals surface area contributed by atoms with E-state index in [1.807, 2.05) is 6.92 Å². The highest BCUT2D eigenvalue weighted by Gasteiger charge is 2.08. The number of hydrogen-bond donors (Lipinski definition) is 0. The summed E-state index contributed by atoms with van der Waals surface area (Å²) >= 11 is 5.82. The summed E-state index contributed by atoms with van der Waals surface area (Å²) in [4.78, 5) is 0. The second-order valence-electron chi connectivity index (χ2n) is 2.54. The maximum atomic E-state index is 12.7. The molecule has 0 spiro atoms. The van der Waals surface area contributed by atoms with Crippen LogP contribution in [0, 0.1) is 5.82 Å². The second-order valence-corrected chi connectivity index (χ2v) is 2.95. The molecular weight excluding hydrogens is 179 g/mol. The Morgan fingerprint density at radius 3 is 2.75 bits per heavy atom. The average Bonchev–Trinajstić information content (AvgIpc) is 2.08. The maximum Gasteiger partial charge on any atom is 0.123 e. The van der Waals surface area contributed by atoms with Crippen LogP contribution in [0.4, 0.5) is 4.39 Å². The van der Waals surface area contributed by atoms with Crippen LogP contribution < -0.4 is 0 Å². The minimum Gasteiger partial charge on any atom is -0.377 e. The van der Waals surface area contributed by atoms with Crippen LogP contribution in [0.2, 0.25) is 5.02 Å². The van der Waals surface area contributed by atoms with Gasteiger partial charge in [-0.25, -0.2) is 4.39 Å². The molecule has 3 heteroatoms. The van der Waals surface area contributed by atoms with Gasteiger partial charge < -0.3 is 4.74 Å². The predicted octanol–water partition coefficient (Wildman–Crippen LogP) is 3.19. The average molecular weight is 189 g/mol. The third-order valence-electron chi connectivity index (χ3n) is 1.75. The molecule has 0 saturated carbocycles. The summed E-state index contributed by atoms with van der Waals surface area (Å²) in [6.07, 6.45) is -0.173. The van der Waals surface area contributed by atoms with Crippen molar-refractivity contribution in [3.05, 3.63) is 34.6 Å². The zero-order valence-corrected chi connectivity index (χ0v) is 7.73. The van der Waals surface area contributed by atoms with Crippen molar-refractivity contribution in [2.24, 2.45) is 0 Å². The Balaban J connectivity index is 3.04. The van der Waals surface area contributed by atoms with Crippen LogP contribution in [0.15, 0.2) is 18.2 Å². The molecule has 0 radical (unpaired) electrons. The normalized spacial score (nSPS) is 13.0. The summed E-state index contributed by atoms with van der Waals surface area (Å²) in [5.74, 6) is -0.293. The van der Waals surface area contributed by atoms with Crippen molar-refractivity contribution < 1.29 is 9.13 Å². The monoisotopic (exact) mass is 188 g/mol. The first-order valence-electron chi connectivity index (χ1n) is 3.63. The molecule has 1 nitrogen and oxygen atoms in total. The van der Waals surface area contributed by atoms with E-state index in [1.165, 1.54) is 18.2 Å². The van der Waals surface area contributed by atoms with E-state index < -0.39 is 0 Å². The lowest BCUT2D eigenvalue weighted by Gasteiger charge is -2.11. The lowest BCUT2D eigenvalue weighted by molar-refractivity contribution is 0.119. The van der Waals surface area contributed by atoms with Gasteiger partial charge in [0.25, 0.3) is 0 Å². The minimum absolute atomic E-state index is 0.173. The van der Waals surface area contributed by atoms with E-state index >= 15 is 0 Å². The standard InChI is InChI=1S/C9H10ClFO/c1-6(12-2)8-5-7(11)3-4-9(8)10/h3-6H,1-2H3. The van der Waals surface area contributed by atoms with Gasteiger partial charge in [0, 0.05) is 17.7 Å². The lowest BCUT2D eigenvalue weighted by Crippen LogP contribution is -1.97. The Morgan fingerprint density at radius 2 is 2.17 bits per heavy atom. The lowest BCUT2D eigenvalue weighted by atomic mass is 10.1. The minimum atomic E-state index is -0.293. The van der Waals surface area contributed by atoms with Gasteiger partial charge >= 0.3 is 0 Å². The molecule has 1 unspecified atom stereocenters. The number of halogens is 2.